The van der Waals surface area contributed by atoms with Crippen LogP contribution in [-0.4, -0.2) is 26.4 Å². The molecule has 0 fully saturated rings. The topological polar surface area (TPSA) is 74.0 Å². The molecule has 0 bridgehead atoms. The lowest BCUT2D eigenvalue weighted by Gasteiger charge is -2.10. The third-order valence-corrected chi connectivity index (χ3v) is 4.61. The van der Waals surface area contributed by atoms with Gasteiger partial charge in [-0.25, -0.2) is 4.98 Å². The van der Waals surface area contributed by atoms with Gasteiger partial charge in [0.15, 0.2) is 0 Å². The Morgan fingerprint density at radius 2 is 1.85 bits per heavy atom. The highest BCUT2D eigenvalue weighted by atomic mass is 35.5. The van der Waals surface area contributed by atoms with Crippen LogP contribution >= 0.6 is 11.6 Å². The number of hydrogen-bond acceptors (Lipinski definition) is 5. The van der Waals surface area contributed by atoms with Crippen molar-refractivity contribution >= 4 is 34.0 Å². The van der Waals surface area contributed by atoms with Gasteiger partial charge in [-0.3, -0.25) is 4.79 Å². The summed E-state index contributed by atoms with van der Waals surface area (Å²) in [7, 11) is 3.43. The van der Waals surface area contributed by atoms with E-state index in [-0.39, 0.29) is 5.02 Å². The number of aryl methyl sites for hydroxylation is 1. The molecule has 0 aliphatic carbocycles. The molecule has 0 aliphatic rings. The summed E-state index contributed by atoms with van der Waals surface area (Å²) in [6.45, 7) is 0. The highest BCUT2D eigenvalue weighted by molar-refractivity contribution is 6.33. The van der Waals surface area contributed by atoms with E-state index in [1.54, 1.807) is 11.7 Å². The summed E-state index contributed by atoms with van der Waals surface area (Å²) in [5.74, 6) is 1.14. The van der Waals surface area contributed by atoms with Crippen molar-refractivity contribution < 1.29 is 4.74 Å². The molecular formula is C19H16ClN5O2. The van der Waals surface area contributed by atoms with Crippen LogP contribution in [0.1, 0.15) is 0 Å². The maximum Gasteiger partial charge on any atom is 0.295 e. The summed E-state index contributed by atoms with van der Waals surface area (Å²) in [5.41, 5.74) is 2.41. The van der Waals surface area contributed by atoms with E-state index >= 15 is 0 Å². The molecule has 7 nitrogen and oxygen atoms in total. The fourth-order valence-electron chi connectivity index (χ4n) is 2.81. The number of fused-ring (bicyclic) bond motifs is 1. The number of nitrogens with zero attached hydrogens (tertiary/aromatic N) is 4. The largest absolute Gasteiger partial charge is 0.497 e. The predicted molar refractivity (Wildman–Crippen MR) is 105 cm³/mol. The van der Waals surface area contributed by atoms with Crippen LogP contribution < -0.4 is 15.6 Å². The minimum Gasteiger partial charge on any atom is -0.497 e. The zero-order valence-corrected chi connectivity index (χ0v) is 15.4. The van der Waals surface area contributed by atoms with E-state index in [0.29, 0.717) is 11.6 Å². The summed E-state index contributed by atoms with van der Waals surface area (Å²) < 4.78 is 8.13. The first-order valence-corrected chi connectivity index (χ1v) is 8.57. The number of aromatic nitrogens is 4. The smallest absolute Gasteiger partial charge is 0.295 e. The number of rotatable bonds is 4. The fraction of sp³-hybridized carbons (Fsp3) is 0.105. The number of methoxy groups -OCH3 is 1. The standard InChI is InChI=1S/C19H16ClN5O2/c1-24-16-6-4-3-5-14(16)23-19(24)25-18(26)17(20)15(11-21-25)22-12-7-9-13(27-2)10-8-12/h3-11,22H,1-2H3. The molecule has 8 heteroatoms. The molecule has 4 aromatic rings. The first-order chi connectivity index (χ1) is 13.1. The number of nitrogens with one attached hydrogen (secondary N) is 1. The van der Waals surface area contributed by atoms with Crippen LogP contribution in [0.2, 0.25) is 5.02 Å². The maximum atomic E-state index is 12.8. The van der Waals surface area contributed by atoms with Crippen molar-refractivity contribution in [2.75, 3.05) is 12.4 Å². The number of ether oxygens (including phenoxy) is 1. The zero-order chi connectivity index (χ0) is 19.0. The molecule has 0 saturated heterocycles. The maximum absolute atomic E-state index is 12.8. The van der Waals surface area contributed by atoms with Crippen LogP contribution in [0.3, 0.4) is 0 Å². The summed E-state index contributed by atoms with van der Waals surface area (Å²) in [4.78, 5) is 17.3. The van der Waals surface area contributed by atoms with Crippen LogP contribution in [0.15, 0.2) is 59.5 Å². The Labute approximate surface area is 159 Å². The summed E-state index contributed by atoms with van der Waals surface area (Å²) in [5, 5.41) is 7.37. The highest BCUT2D eigenvalue weighted by Crippen LogP contribution is 2.24. The zero-order valence-electron chi connectivity index (χ0n) is 14.7. The lowest BCUT2D eigenvalue weighted by atomic mass is 10.3. The van der Waals surface area contributed by atoms with Crippen molar-refractivity contribution in [1.29, 1.82) is 0 Å². The van der Waals surface area contributed by atoms with Gasteiger partial charge in [-0.1, -0.05) is 23.7 Å². The first-order valence-electron chi connectivity index (χ1n) is 8.19. The third-order valence-electron chi connectivity index (χ3n) is 4.24. The molecule has 0 saturated carbocycles. The van der Waals surface area contributed by atoms with Gasteiger partial charge in [-0.05, 0) is 36.4 Å². The van der Waals surface area contributed by atoms with E-state index in [4.69, 9.17) is 16.3 Å². The van der Waals surface area contributed by atoms with Crippen LogP contribution in [0.5, 0.6) is 5.75 Å². The SMILES string of the molecule is COc1ccc(Nc2cnn(-c3nc4ccccc4n3C)c(=O)c2Cl)cc1. The van der Waals surface area contributed by atoms with E-state index in [1.807, 2.05) is 55.6 Å². The van der Waals surface area contributed by atoms with Crippen LogP contribution in [0.25, 0.3) is 17.0 Å². The highest BCUT2D eigenvalue weighted by Gasteiger charge is 2.16. The summed E-state index contributed by atoms with van der Waals surface area (Å²) in [6.07, 6.45) is 1.51. The van der Waals surface area contributed by atoms with E-state index < -0.39 is 5.56 Å². The lowest BCUT2D eigenvalue weighted by Crippen LogP contribution is -2.24. The van der Waals surface area contributed by atoms with Gasteiger partial charge in [0.1, 0.15) is 10.8 Å². The van der Waals surface area contributed by atoms with Crippen molar-refractivity contribution in [1.82, 2.24) is 19.3 Å². The number of hydrogen-bond donors (Lipinski definition) is 1. The van der Waals surface area contributed by atoms with Crippen molar-refractivity contribution in [2.45, 2.75) is 0 Å². The number of benzene rings is 2. The second kappa shape index (κ2) is 6.77. The van der Waals surface area contributed by atoms with Crippen molar-refractivity contribution in [2.24, 2.45) is 7.05 Å². The molecule has 0 aliphatic heterocycles. The molecule has 2 heterocycles. The molecule has 0 atom stereocenters. The second-order valence-corrected chi connectivity index (χ2v) is 6.28. The quantitative estimate of drug-likeness (QED) is 0.585. The molecule has 136 valence electrons. The van der Waals surface area contributed by atoms with Crippen LogP contribution in [0.4, 0.5) is 11.4 Å². The Bertz CT molecular complexity index is 1180. The van der Waals surface area contributed by atoms with E-state index in [0.717, 1.165) is 22.5 Å². The average Bonchev–Trinajstić information content (AvgIpc) is 3.03. The molecule has 0 unspecified atom stereocenters. The van der Waals surface area contributed by atoms with Gasteiger partial charge in [0, 0.05) is 12.7 Å². The van der Waals surface area contributed by atoms with Gasteiger partial charge >= 0.3 is 0 Å². The summed E-state index contributed by atoms with van der Waals surface area (Å²) in [6, 6.07) is 14.9. The number of imidazole rings is 1. The Morgan fingerprint density at radius 1 is 1.11 bits per heavy atom. The molecular weight excluding hydrogens is 366 g/mol. The van der Waals surface area contributed by atoms with Crippen LogP contribution in [-0.2, 0) is 7.05 Å². The predicted octanol–water partition coefficient (Wildman–Crippen LogP) is 3.52. The van der Waals surface area contributed by atoms with Gasteiger partial charge in [0.25, 0.3) is 5.56 Å². The fourth-order valence-corrected chi connectivity index (χ4v) is 2.99. The van der Waals surface area contributed by atoms with E-state index in [2.05, 4.69) is 15.4 Å². The Hall–Kier alpha value is -3.32. The summed E-state index contributed by atoms with van der Waals surface area (Å²) >= 11 is 6.31. The Kier molecular flexibility index (Phi) is 4.29. The minimum absolute atomic E-state index is 0.0351. The van der Waals surface area contributed by atoms with Gasteiger partial charge < -0.3 is 14.6 Å². The van der Waals surface area contributed by atoms with E-state index in [1.165, 1.54) is 10.9 Å². The van der Waals surface area contributed by atoms with Gasteiger partial charge in [0.05, 0.1) is 30.0 Å². The Morgan fingerprint density at radius 3 is 2.56 bits per heavy atom. The lowest BCUT2D eigenvalue weighted by molar-refractivity contribution is 0.415. The second-order valence-electron chi connectivity index (χ2n) is 5.90. The van der Waals surface area contributed by atoms with Gasteiger partial charge in [0.2, 0.25) is 5.95 Å². The molecule has 0 spiro atoms. The van der Waals surface area contributed by atoms with Gasteiger partial charge in [-0.2, -0.15) is 9.78 Å². The first kappa shape index (κ1) is 17.1. The van der Waals surface area contributed by atoms with Crippen molar-refractivity contribution in [3.05, 3.63) is 70.1 Å². The van der Waals surface area contributed by atoms with Crippen molar-refractivity contribution in [3.63, 3.8) is 0 Å². The number of para-hydroxylation sites is 2. The number of anilines is 2. The third kappa shape index (κ3) is 3.02. The monoisotopic (exact) mass is 381 g/mol. The molecule has 4 rings (SSSR count). The average molecular weight is 382 g/mol. The van der Waals surface area contributed by atoms with E-state index in [9.17, 15) is 4.79 Å². The minimum atomic E-state index is -0.450. The van der Waals surface area contributed by atoms with Gasteiger partial charge in [-0.15, -0.1) is 0 Å². The van der Waals surface area contributed by atoms with Crippen LogP contribution in [0, 0.1) is 0 Å². The van der Waals surface area contributed by atoms with Crippen molar-refractivity contribution in [3.8, 4) is 11.7 Å². The normalized spacial score (nSPS) is 10.9. The molecule has 0 amide bonds. The molecule has 27 heavy (non-hydrogen) atoms. The molecule has 0 radical (unpaired) electrons. The molecule has 1 N–H and O–H groups in total. The molecule has 2 aromatic heterocycles. The Balaban J connectivity index is 1.73. The molecule has 2 aromatic carbocycles. The number of halogens is 1.